The molecule has 0 amide bonds. The van der Waals surface area contributed by atoms with Crippen LogP contribution in [0.5, 0.6) is 5.75 Å². The van der Waals surface area contributed by atoms with Crippen LogP contribution in [0.25, 0.3) is 0 Å². The molecule has 0 aliphatic carbocycles. The van der Waals surface area contributed by atoms with Crippen LogP contribution in [0.15, 0.2) is 23.2 Å². The van der Waals surface area contributed by atoms with E-state index >= 15 is 0 Å². The number of nitrogens with zero attached hydrogens (tertiary/aromatic N) is 2. The second-order valence-corrected chi connectivity index (χ2v) is 6.51. The molecule has 23 heavy (non-hydrogen) atoms. The summed E-state index contributed by atoms with van der Waals surface area (Å²) in [5.41, 5.74) is -1.07. The van der Waals surface area contributed by atoms with Crippen molar-refractivity contribution in [3.63, 3.8) is 0 Å². The highest BCUT2D eigenvalue weighted by Gasteiger charge is 2.34. The van der Waals surface area contributed by atoms with Gasteiger partial charge in [-0.25, -0.2) is 0 Å². The summed E-state index contributed by atoms with van der Waals surface area (Å²) in [5.74, 6) is 0.831. The van der Waals surface area contributed by atoms with Crippen LogP contribution < -0.4 is 10.1 Å². The maximum Gasteiger partial charge on any atom is 0.416 e. The van der Waals surface area contributed by atoms with Crippen molar-refractivity contribution in [2.75, 3.05) is 20.1 Å². The van der Waals surface area contributed by atoms with Gasteiger partial charge in [-0.05, 0) is 38.5 Å². The van der Waals surface area contributed by atoms with Gasteiger partial charge in [-0.15, -0.1) is 0 Å². The summed E-state index contributed by atoms with van der Waals surface area (Å²) < 4.78 is 45.5. The lowest BCUT2D eigenvalue weighted by molar-refractivity contribution is -0.138. The van der Waals surface area contributed by atoms with Gasteiger partial charge in [-0.1, -0.05) is 6.07 Å². The van der Waals surface area contributed by atoms with Gasteiger partial charge in [0.05, 0.1) is 12.1 Å². The molecule has 1 aliphatic rings. The maximum atomic E-state index is 13.3. The van der Waals surface area contributed by atoms with Crippen molar-refractivity contribution >= 4 is 5.96 Å². The van der Waals surface area contributed by atoms with Gasteiger partial charge in [0.2, 0.25) is 0 Å². The Morgan fingerprint density at radius 3 is 2.48 bits per heavy atom. The monoisotopic (exact) mass is 329 g/mol. The summed E-state index contributed by atoms with van der Waals surface area (Å²) in [6.07, 6.45) is -4.43. The molecule has 0 unspecified atom stereocenters. The first-order valence-electron chi connectivity index (χ1n) is 7.45. The largest absolute Gasteiger partial charge is 0.488 e. The van der Waals surface area contributed by atoms with Gasteiger partial charge in [0.25, 0.3) is 0 Å². The number of likely N-dealkylation sites (N-methyl/N-ethyl adjacent to an activating group) is 1. The second-order valence-electron chi connectivity index (χ2n) is 6.51. The lowest BCUT2D eigenvalue weighted by atomic mass is 10.1. The highest BCUT2D eigenvalue weighted by atomic mass is 19.4. The fourth-order valence-electron chi connectivity index (χ4n) is 2.29. The predicted octanol–water partition coefficient (Wildman–Crippen LogP) is 3.27. The lowest BCUT2D eigenvalue weighted by Crippen LogP contribution is -2.35. The number of ether oxygens (including phenoxy) is 1. The van der Waals surface area contributed by atoms with E-state index in [0.717, 1.165) is 12.6 Å². The second kappa shape index (κ2) is 6.29. The molecule has 4 nitrogen and oxygen atoms in total. The smallest absolute Gasteiger partial charge is 0.416 e. The average Bonchev–Trinajstić information content (AvgIpc) is 2.80. The first-order valence-corrected chi connectivity index (χ1v) is 7.45. The molecule has 128 valence electrons. The normalized spacial score (nSPS) is 15.6. The Hall–Kier alpha value is -1.92. The molecule has 0 saturated heterocycles. The van der Waals surface area contributed by atoms with Crippen molar-refractivity contribution in [3.05, 3.63) is 29.3 Å². The molecular formula is C16H22F3N3O. The zero-order valence-corrected chi connectivity index (χ0v) is 13.8. The first kappa shape index (κ1) is 17.4. The van der Waals surface area contributed by atoms with E-state index in [1.165, 1.54) is 6.07 Å². The third-order valence-corrected chi connectivity index (χ3v) is 3.31. The Balaban J connectivity index is 2.21. The number of hydrogen-bond donors (Lipinski definition) is 1. The van der Waals surface area contributed by atoms with Crippen LogP contribution in [0.1, 0.15) is 31.9 Å². The summed E-state index contributed by atoms with van der Waals surface area (Å²) in [4.78, 5) is 6.09. The van der Waals surface area contributed by atoms with Crippen LogP contribution >= 0.6 is 0 Å². The molecule has 1 N–H and O–H groups in total. The summed E-state index contributed by atoms with van der Waals surface area (Å²) in [6.45, 7) is 6.88. The third-order valence-electron chi connectivity index (χ3n) is 3.31. The van der Waals surface area contributed by atoms with Gasteiger partial charge in [-0.3, -0.25) is 4.99 Å². The highest BCUT2D eigenvalue weighted by molar-refractivity contribution is 5.81. The molecule has 7 heteroatoms. The minimum Gasteiger partial charge on any atom is -0.488 e. The van der Waals surface area contributed by atoms with Gasteiger partial charge < -0.3 is 15.0 Å². The Morgan fingerprint density at radius 2 is 1.96 bits per heavy atom. The van der Waals surface area contributed by atoms with E-state index < -0.39 is 17.3 Å². The van der Waals surface area contributed by atoms with Gasteiger partial charge >= 0.3 is 6.18 Å². The number of guanidine groups is 1. The van der Waals surface area contributed by atoms with Crippen molar-refractivity contribution in [3.8, 4) is 5.75 Å². The van der Waals surface area contributed by atoms with Crippen molar-refractivity contribution in [2.24, 2.45) is 4.99 Å². The van der Waals surface area contributed by atoms with Crippen molar-refractivity contribution in [2.45, 2.75) is 39.1 Å². The molecule has 0 radical (unpaired) electrons. The SMILES string of the molecule is CN1CCN=C1NCc1ccc(OC(C)(C)C)cc1C(F)(F)F. The number of alkyl halides is 3. The number of benzene rings is 1. The van der Waals surface area contributed by atoms with Gasteiger partial charge in [0.15, 0.2) is 5.96 Å². The minimum atomic E-state index is -4.43. The molecule has 0 aromatic heterocycles. The van der Waals surface area contributed by atoms with E-state index in [-0.39, 0.29) is 17.9 Å². The molecule has 0 atom stereocenters. The fourth-order valence-corrected chi connectivity index (χ4v) is 2.29. The van der Waals surface area contributed by atoms with Crippen LogP contribution in [-0.4, -0.2) is 36.6 Å². The van der Waals surface area contributed by atoms with Crippen LogP contribution in [0.2, 0.25) is 0 Å². The van der Waals surface area contributed by atoms with Crippen molar-refractivity contribution in [1.82, 2.24) is 10.2 Å². The van der Waals surface area contributed by atoms with E-state index in [1.807, 2.05) is 11.9 Å². The number of aliphatic imine (C=N–C) groups is 1. The van der Waals surface area contributed by atoms with E-state index in [0.29, 0.717) is 12.5 Å². The molecular weight excluding hydrogens is 307 g/mol. The molecule has 2 rings (SSSR count). The first-order chi connectivity index (χ1) is 10.6. The summed E-state index contributed by atoms with van der Waals surface area (Å²) in [5, 5.41) is 2.96. The minimum absolute atomic E-state index is 0.0633. The average molecular weight is 329 g/mol. The predicted molar refractivity (Wildman–Crippen MR) is 83.6 cm³/mol. The zero-order chi connectivity index (χ0) is 17.3. The topological polar surface area (TPSA) is 36.9 Å². The summed E-state index contributed by atoms with van der Waals surface area (Å²) in [6, 6.07) is 4.08. The summed E-state index contributed by atoms with van der Waals surface area (Å²) >= 11 is 0. The molecule has 0 fully saturated rings. The van der Waals surface area contributed by atoms with Crippen LogP contribution in [0.3, 0.4) is 0 Å². The number of hydrogen-bond acceptors (Lipinski definition) is 4. The Labute approximate surface area is 134 Å². The molecule has 0 saturated carbocycles. The molecule has 0 spiro atoms. The van der Waals surface area contributed by atoms with E-state index in [1.54, 1.807) is 26.8 Å². The van der Waals surface area contributed by atoms with Crippen LogP contribution in [0, 0.1) is 0 Å². The molecule has 1 aliphatic heterocycles. The van der Waals surface area contributed by atoms with Gasteiger partial charge in [0.1, 0.15) is 11.4 Å². The Kier molecular flexibility index (Phi) is 4.77. The van der Waals surface area contributed by atoms with Gasteiger partial charge in [-0.2, -0.15) is 13.2 Å². The molecule has 1 aromatic rings. The quantitative estimate of drug-likeness (QED) is 0.925. The number of halogens is 3. The third kappa shape index (κ3) is 4.77. The zero-order valence-electron chi connectivity index (χ0n) is 13.8. The number of rotatable bonds is 3. The van der Waals surface area contributed by atoms with Crippen molar-refractivity contribution in [1.29, 1.82) is 0 Å². The van der Waals surface area contributed by atoms with Crippen LogP contribution in [-0.2, 0) is 12.7 Å². The van der Waals surface area contributed by atoms with E-state index in [4.69, 9.17) is 4.74 Å². The van der Waals surface area contributed by atoms with Gasteiger partial charge in [0, 0.05) is 20.1 Å². The molecule has 1 aromatic carbocycles. The fraction of sp³-hybridized carbons (Fsp3) is 0.562. The Bertz CT molecular complexity index is 591. The maximum absolute atomic E-state index is 13.3. The van der Waals surface area contributed by atoms with E-state index in [9.17, 15) is 13.2 Å². The van der Waals surface area contributed by atoms with E-state index in [2.05, 4.69) is 10.3 Å². The summed E-state index contributed by atoms with van der Waals surface area (Å²) in [7, 11) is 1.85. The Morgan fingerprint density at radius 1 is 1.26 bits per heavy atom. The lowest BCUT2D eigenvalue weighted by Gasteiger charge is -2.23. The molecule has 0 bridgehead atoms. The number of nitrogens with one attached hydrogen (secondary N) is 1. The van der Waals surface area contributed by atoms with Crippen LogP contribution in [0.4, 0.5) is 13.2 Å². The highest BCUT2D eigenvalue weighted by Crippen LogP contribution is 2.35. The standard InChI is InChI=1S/C16H22F3N3O/c1-15(2,3)23-12-6-5-11(13(9-12)16(17,18)19)10-21-14-20-7-8-22(14)4/h5-6,9H,7-8,10H2,1-4H3,(H,20,21). The van der Waals surface area contributed by atoms with Crippen molar-refractivity contribution < 1.29 is 17.9 Å². The molecule has 1 heterocycles.